The van der Waals surface area contributed by atoms with Crippen LogP contribution in [0.25, 0.3) is 0 Å². The molecule has 0 aromatic heterocycles. The van der Waals surface area contributed by atoms with Gasteiger partial charge in [0.05, 0.1) is 0 Å². The molecule has 0 spiro atoms. The summed E-state index contributed by atoms with van der Waals surface area (Å²) in [6, 6.07) is 0.439. The van der Waals surface area contributed by atoms with Gasteiger partial charge in [-0.3, -0.25) is 9.59 Å². The number of carbonyl (C=O) groups excluding carboxylic acids is 1. The summed E-state index contributed by atoms with van der Waals surface area (Å²) >= 11 is 0. The number of likely N-dealkylation sites (tertiary alicyclic amines) is 1. The molecule has 1 rings (SSSR count). The van der Waals surface area contributed by atoms with Crippen LogP contribution in [0.3, 0.4) is 0 Å². The van der Waals surface area contributed by atoms with Crippen molar-refractivity contribution in [2.45, 2.75) is 32.2 Å². The number of amides is 1. The second kappa shape index (κ2) is 6.00. The van der Waals surface area contributed by atoms with Gasteiger partial charge in [-0.05, 0) is 26.4 Å². The molecule has 98 valence electrons. The SMILES string of the molecule is CC(CC(=O)O)CC(=O)N1CCC(N(C)C)C1. The highest BCUT2D eigenvalue weighted by molar-refractivity contribution is 5.77. The van der Waals surface area contributed by atoms with Gasteiger partial charge in [-0.1, -0.05) is 6.92 Å². The van der Waals surface area contributed by atoms with E-state index in [9.17, 15) is 9.59 Å². The fourth-order valence-corrected chi connectivity index (χ4v) is 2.19. The maximum atomic E-state index is 11.9. The van der Waals surface area contributed by atoms with E-state index >= 15 is 0 Å². The molecule has 1 amide bonds. The zero-order chi connectivity index (χ0) is 13.0. The lowest BCUT2D eigenvalue weighted by molar-refractivity contribution is -0.138. The number of rotatable bonds is 5. The number of likely N-dealkylation sites (N-methyl/N-ethyl adjacent to an activating group) is 1. The van der Waals surface area contributed by atoms with Crippen molar-refractivity contribution in [2.24, 2.45) is 5.92 Å². The van der Waals surface area contributed by atoms with Gasteiger partial charge in [-0.25, -0.2) is 0 Å². The zero-order valence-electron chi connectivity index (χ0n) is 10.8. The molecule has 1 N–H and O–H groups in total. The number of carboxylic acid groups (broad SMARTS) is 1. The number of carbonyl (C=O) groups is 2. The number of nitrogens with zero attached hydrogens (tertiary/aromatic N) is 2. The third kappa shape index (κ3) is 4.34. The quantitative estimate of drug-likeness (QED) is 0.769. The fraction of sp³-hybridized carbons (Fsp3) is 0.833. The van der Waals surface area contributed by atoms with Crippen LogP contribution in [-0.4, -0.2) is 60.0 Å². The molecule has 0 radical (unpaired) electrons. The van der Waals surface area contributed by atoms with Gasteiger partial charge in [0.25, 0.3) is 0 Å². The highest BCUT2D eigenvalue weighted by Gasteiger charge is 2.28. The highest BCUT2D eigenvalue weighted by Crippen LogP contribution is 2.17. The third-order valence-corrected chi connectivity index (χ3v) is 3.29. The van der Waals surface area contributed by atoms with Crippen LogP contribution in [0, 0.1) is 5.92 Å². The standard InChI is InChI=1S/C12H22N2O3/c1-9(7-12(16)17)6-11(15)14-5-4-10(8-14)13(2)3/h9-10H,4-8H2,1-3H3,(H,16,17). The first kappa shape index (κ1) is 14.0. The van der Waals surface area contributed by atoms with E-state index < -0.39 is 5.97 Å². The summed E-state index contributed by atoms with van der Waals surface area (Å²) in [4.78, 5) is 26.4. The summed E-state index contributed by atoms with van der Waals surface area (Å²) in [5.74, 6) is -0.834. The van der Waals surface area contributed by atoms with Crippen LogP contribution in [-0.2, 0) is 9.59 Å². The first-order chi connectivity index (χ1) is 7.90. The Morgan fingerprint density at radius 3 is 2.53 bits per heavy atom. The molecule has 0 bridgehead atoms. The Morgan fingerprint density at radius 2 is 2.06 bits per heavy atom. The van der Waals surface area contributed by atoms with Crippen molar-refractivity contribution in [3.63, 3.8) is 0 Å². The summed E-state index contributed by atoms with van der Waals surface area (Å²) in [6.45, 7) is 3.37. The van der Waals surface area contributed by atoms with Crippen LogP contribution in [0.4, 0.5) is 0 Å². The van der Waals surface area contributed by atoms with Crippen molar-refractivity contribution < 1.29 is 14.7 Å². The minimum atomic E-state index is -0.835. The lowest BCUT2D eigenvalue weighted by Crippen LogP contribution is -2.35. The summed E-state index contributed by atoms with van der Waals surface area (Å²) in [7, 11) is 4.04. The van der Waals surface area contributed by atoms with Crippen LogP contribution in [0.2, 0.25) is 0 Å². The molecule has 0 aromatic rings. The Labute approximate surface area is 102 Å². The summed E-state index contributed by atoms with van der Waals surface area (Å²) < 4.78 is 0. The second-order valence-corrected chi connectivity index (χ2v) is 5.15. The van der Waals surface area contributed by atoms with E-state index in [4.69, 9.17) is 5.11 Å². The first-order valence-electron chi connectivity index (χ1n) is 6.06. The molecule has 1 aliphatic rings. The monoisotopic (exact) mass is 242 g/mol. The molecule has 1 heterocycles. The number of hydrogen-bond donors (Lipinski definition) is 1. The zero-order valence-corrected chi connectivity index (χ0v) is 10.8. The molecule has 1 saturated heterocycles. The van der Waals surface area contributed by atoms with Gasteiger partial charge in [0.1, 0.15) is 0 Å². The van der Waals surface area contributed by atoms with Gasteiger partial charge in [0, 0.05) is 32.0 Å². The van der Waals surface area contributed by atoms with Crippen molar-refractivity contribution in [2.75, 3.05) is 27.2 Å². The van der Waals surface area contributed by atoms with Crippen LogP contribution in [0.5, 0.6) is 0 Å². The minimum Gasteiger partial charge on any atom is -0.481 e. The van der Waals surface area contributed by atoms with E-state index in [2.05, 4.69) is 4.90 Å². The van der Waals surface area contributed by atoms with Crippen LogP contribution in [0.15, 0.2) is 0 Å². The Balaban J connectivity index is 2.36. The van der Waals surface area contributed by atoms with Crippen LogP contribution in [0.1, 0.15) is 26.2 Å². The van der Waals surface area contributed by atoms with E-state index in [1.807, 2.05) is 25.9 Å². The van der Waals surface area contributed by atoms with Crippen molar-refractivity contribution in [1.29, 1.82) is 0 Å². The molecular formula is C12H22N2O3. The third-order valence-electron chi connectivity index (χ3n) is 3.29. The molecule has 17 heavy (non-hydrogen) atoms. The van der Waals surface area contributed by atoms with Crippen molar-refractivity contribution in [3.8, 4) is 0 Å². The Hall–Kier alpha value is -1.10. The summed E-state index contributed by atoms with van der Waals surface area (Å²) in [6.07, 6.45) is 1.41. The molecule has 2 atom stereocenters. The maximum Gasteiger partial charge on any atom is 0.303 e. The average Bonchev–Trinajstić information content (AvgIpc) is 2.64. The topological polar surface area (TPSA) is 60.9 Å². The number of hydrogen-bond acceptors (Lipinski definition) is 3. The lowest BCUT2D eigenvalue weighted by Gasteiger charge is -2.21. The van der Waals surface area contributed by atoms with Crippen molar-refractivity contribution in [3.05, 3.63) is 0 Å². The average molecular weight is 242 g/mol. The van der Waals surface area contributed by atoms with Gasteiger partial charge in [0.2, 0.25) is 5.91 Å². The Morgan fingerprint density at radius 1 is 1.41 bits per heavy atom. The van der Waals surface area contributed by atoms with E-state index in [0.717, 1.165) is 19.5 Å². The molecule has 0 aliphatic carbocycles. The molecule has 0 saturated carbocycles. The highest BCUT2D eigenvalue weighted by atomic mass is 16.4. The number of aliphatic carboxylic acids is 1. The first-order valence-corrected chi connectivity index (χ1v) is 6.06. The number of carboxylic acids is 1. The largest absolute Gasteiger partial charge is 0.481 e. The van der Waals surface area contributed by atoms with Gasteiger partial charge < -0.3 is 14.9 Å². The predicted molar refractivity (Wildman–Crippen MR) is 64.7 cm³/mol. The van der Waals surface area contributed by atoms with Crippen LogP contribution >= 0.6 is 0 Å². The smallest absolute Gasteiger partial charge is 0.303 e. The minimum absolute atomic E-state index is 0.0662. The van der Waals surface area contributed by atoms with Gasteiger partial charge in [-0.15, -0.1) is 0 Å². The van der Waals surface area contributed by atoms with E-state index in [-0.39, 0.29) is 18.2 Å². The maximum absolute atomic E-state index is 11.9. The van der Waals surface area contributed by atoms with Crippen molar-refractivity contribution >= 4 is 11.9 Å². The molecule has 5 heteroatoms. The van der Waals surface area contributed by atoms with Gasteiger partial charge >= 0.3 is 5.97 Å². The Kier molecular flexibility index (Phi) is 4.93. The molecular weight excluding hydrogens is 220 g/mol. The van der Waals surface area contributed by atoms with E-state index in [1.165, 1.54) is 0 Å². The molecule has 0 aromatic carbocycles. The van der Waals surface area contributed by atoms with Crippen LogP contribution < -0.4 is 0 Å². The molecule has 5 nitrogen and oxygen atoms in total. The predicted octanol–water partition coefficient (Wildman–Crippen LogP) is 0.650. The lowest BCUT2D eigenvalue weighted by atomic mass is 10.0. The Bertz CT molecular complexity index is 291. The van der Waals surface area contributed by atoms with Gasteiger partial charge in [0.15, 0.2) is 0 Å². The summed E-state index contributed by atoms with van der Waals surface area (Å²) in [5, 5.41) is 8.65. The second-order valence-electron chi connectivity index (χ2n) is 5.15. The van der Waals surface area contributed by atoms with Gasteiger partial charge in [-0.2, -0.15) is 0 Å². The van der Waals surface area contributed by atoms with E-state index in [1.54, 1.807) is 0 Å². The van der Waals surface area contributed by atoms with E-state index in [0.29, 0.717) is 12.5 Å². The normalized spacial score (nSPS) is 21.9. The molecule has 2 unspecified atom stereocenters. The van der Waals surface area contributed by atoms with Crippen molar-refractivity contribution in [1.82, 2.24) is 9.80 Å². The fourth-order valence-electron chi connectivity index (χ4n) is 2.19. The summed E-state index contributed by atoms with van der Waals surface area (Å²) in [5.41, 5.74) is 0. The molecule has 1 aliphatic heterocycles. The molecule has 1 fully saturated rings.